The van der Waals surface area contributed by atoms with E-state index < -0.39 is 5.97 Å². The van der Waals surface area contributed by atoms with Gasteiger partial charge >= 0.3 is 12.0 Å². The number of rotatable bonds is 7. The van der Waals surface area contributed by atoms with Crippen molar-refractivity contribution in [2.45, 2.75) is 33.2 Å². The Morgan fingerprint density at radius 1 is 1.50 bits per heavy atom. The molecule has 20 heavy (non-hydrogen) atoms. The van der Waals surface area contributed by atoms with Crippen LogP contribution < -0.4 is 5.32 Å². The molecule has 0 radical (unpaired) electrons. The van der Waals surface area contributed by atoms with Gasteiger partial charge < -0.3 is 15.3 Å². The second-order valence-electron chi connectivity index (χ2n) is 4.92. The van der Waals surface area contributed by atoms with E-state index in [1.165, 1.54) is 4.90 Å². The van der Waals surface area contributed by atoms with Crippen LogP contribution in [-0.2, 0) is 11.3 Å². The summed E-state index contributed by atoms with van der Waals surface area (Å²) in [5, 5.41) is 18.0. The molecule has 3 N–H and O–H groups in total. The number of carboxylic acids is 1. The Morgan fingerprint density at radius 2 is 2.20 bits per heavy atom. The maximum absolute atomic E-state index is 11.8. The lowest BCUT2D eigenvalue weighted by atomic mass is 10.1. The Labute approximate surface area is 117 Å². The van der Waals surface area contributed by atoms with Gasteiger partial charge in [0.05, 0.1) is 6.54 Å². The molecule has 1 unspecified atom stereocenters. The van der Waals surface area contributed by atoms with Gasteiger partial charge in [-0.3, -0.25) is 9.89 Å². The van der Waals surface area contributed by atoms with E-state index in [9.17, 15) is 9.59 Å². The first kappa shape index (κ1) is 15.9. The zero-order valence-electron chi connectivity index (χ0n) is 12.0. The number of urea groups is 1. The van der Waals surface area contributed by atoms with Crippen LogP contribution in [0.25, 0.3) is 0 Å². The van der Waals surface area contributed by atoms with Crippen molar-refractivity contribution in [3.8, 4) is 0 Å². The second kappa shape index (κ2) is 7.46. The predicted molar refractivity (Wildman–Crippen MR) is 72.0 cm³/mol. The number of carbonyl (C=O) groups excluding carboxylic acids is 1. The zero-order chi connectivity index (χ0) is 15.1. The lowest BCUT2D eigenvalue weighted by Gasteiger charge is -2.18. The third-order valence-electron chi connectivity index (χ3n) is 2.82. The van der Waals surface area contributed by atoms with E-state index in [0.717, 1.165) is 0 Å². The third kappa shape index (κ3) is 5.68. The minimum absolute atomic E-state index is 0.114. The summed E-state index contributed by atoms with van der Waals surface area (Å²) in [4.78, 5) is 27.9. The van der Waals surface area contributed by atoms with Crippen molar-refractivity contribution in [1.82, 2.24) is 25.4 Å². The predicted octanol–water partition coefficient (Wildman–Crippen LogP) is 0.755. The number of aromatic nitrogens is 3. The molecule has 0 fully saturated rings. The number of H-pyrrole nitrogens is 1. The van der Waals surface area contributed by atoms with Crippen LogP contribution >= 0.6 is 0 Å². The summed E-state index contributed by atoms with van der Waals surface area (Å²) < 4.78 is 0. The summed E-state index contributed by atoms with van der Waals surface area (Å²) in [6, 6.07) is -0.227. The second-order valence-corrected chi connectivity index (χ2v) is 4.92. The fourth-order valence-electron chi connectivity index (χ4n) is 1.61. The van der Waals surface area contributed by atoms with E-state index >= 15 is 0 Å². The van der Waals surface area contributed by atoms with Gasteiger partial charge in [-0.1, -0.05) is 6.92 Å². The maximum atomic E-state index is 11.8. The monoisotopic (exact) mass is 283 g/mol. The van der Waals surface area contributed by atoms with Crippen LogP contribution in [0.4, 0.5) is 4.79 Å². The molecular weight excluding hydrogens is 262 g/mol. The molecule has 0 aliphatic heterocycles. The Morgan fingerprint density at radius 3 is 2.75 bits per heavy atom. The molecule has 1 rings (SSSR count). The molecule has 8 nitrogen and oxygen atoms in total. The summed E-state index contributed by atoms with van der Waals surface area (Å²) in [5.74, 6) is 0.560. The molecule has 2 amide bonds. The largest absolute Gasteiger partial charge is 0.481 e. The molecular formula is C12H21N5O3. The Bertz CT molecular complexity index is 460. The van der Waals surface area contributed by atoms with Crippen LogP contribution in [-0.4, -0.2) is 50.8 Å². The summed E-state index contributed by atoms with van der Waals surface area (Å²) in [6.07, 6.45) is 0.656. The highest BCUT2D eigenvalue weighted by atomic mass is 16.4. The molecule has 0 aromatic carbocycles. The molecule has 1 aromatic heterocycles. The smallest absolute Gasteiger partial charge is 0.317 e. The van der Waals surface area contributed by atoms with E-state index in [1.54, 1.807) is 14.0 Å². The maximum Gasteiger partial charge on any atom is 0.317 e. The molecule has 1 aromatic rings. The van der Waals surface area contributed by atoms with Gasteiger partial charge in [0.25, 0.3) is 0 Å². The lowest BCUT2D eigenvalue weighted by Crippen LogP contribution is -2.39. The average molecular weight is 283 g/mol. The number of aromatic amines is 1. The quantitative estimate of drug-likeness (QED) is 0.684. The number of carboxylic acid groups (broad SMARTS) is 1. The van der Waals surface area contributed by atoms with Crippen molar-refractivity contribution >= 4 is 12.0 Å². The minimum Gasteiger partial charge on any atom is -0.481 e. The van der Waals surface area contributed by atoms with Gasteiger partial charge in [-0.05, 0) is 19.3 Å². The average Bonchev–Trinajstić information content (AvgIpc) is 2.78. The van der Waals surface area contributed by atoms with Crippen molar-refractivity contribution in [2.75, 3.05) is 13.6 Å². The fraction of sp³-hybridized carbons (Fsp3) is 0.667. The molecule has 0 saturated carbocycles. The van der Waals surface area contributed by atoms with Crippen molar-refractivity contribution in [1.29, 1.82) is 0 Å². The molecule has 8 heteroatoms. The number of aryl methyl sites for hydroxylation is 1. The van der Waals surface area contributed by atoms with Crippen LogP contribution in [0.1, 0.15) is 31.4 Å². The molecule has 1 heterocycles. The van der Waals surface area contributed by atoms with E-state index in [4.69, 9.17) is 5.11 Å². The number of hydrogen-bond acceptors (Lipinski definition) is 4. The van der Waals surface area contributed by atoms with Crippen LogP contribution in [0, 0.1) is 12.8 Å². The first-order chi connectivity index (χ1) is 9.38. The summed E-state index contributed by atoms with van der Waals surface area (Å²) in [7, 11) is 1.66. The van der Waals surface area contributed by atoms with Crippen molar-refractivity contribution in [2.24, 2.45) is 5.92 Å². The Balaban J connectivity index is 2.29. The molecule has 0 bridgehead atoms. The number of carbonyl (C=O) groups is 2. The zero-order valence-corrected chi connectivity index (χ0v) is 12.0. The lowest BCUT2D eigenvalue weighted by molar-refractivity contribution is -0.137. The molecule has 112 valence electrons. The van der Waals surface area contributed by atoms with Gasteiger partial charge in [-0.25, -0.2) is 9.78 Å². The van der Waals surface area contributed by atoms with Crippen LogP contribution in [0.5, 0.6) is 0 Å². The number of amides is 2. The molecule has 0 spiro atoms. The van der Waals surface area contributed by atoms with Crippen LogP contribution in [0.15, 0.2) is 0 Å². The van der Waals surface area contributed by atoms with E-state index in [2.05, 4.69) is 20.5 Å². The van der Waals surface area contributed by atoms with E-state index in [1.807, 2.05) is 6.92 Å². The first-order valence-electron chi connectivity index (χ1n) is 6.47. The number of aliphatic carboxylic acids is 1. The molecule has 1 atom stereocenters. The Hall–Kier alpha value is -2.12. The fourth-order valence-corrected chi connectivity index (χ4v) is 1.61. The summed E-state index contributed by atoms with van der Waals surface area (Å²) in [6.45, 7) is 4.46. The SMILES string of the molecule is Cc1nc(CN(C)C(=O)NCC(C)CCC(=O)O)n[nH]1. The van der Waals surface area contributed by atoms with Crippen molar-refractivity contribution in [3.63, 3.8) is 0 Å². The highest BCUT2D eigenvalue weighted by molar-refractivity contribution is 5.73. The van der Waals surface area contributed by atoms with Gasteiger partial charge in [0.1, 0.15) is 5.82 Å². The normalized spacial score (nSPS) is 11.9. The standard InChI is InChI=1S/C12H21N5O3/c1-8(4-5-11(18)19)6-13-12(20)17(3)7-10-14-9(2)15-16-10/h8H,4-7H2,1-3H3,(H,13,20)(H,18,19)(H,14,15,16). The third-order valence-corrected chi connectivity index (χ3v) is 2.82. The number of nitrogens with one attached hydrogen (secondary N) is 2. The molecule has 0 saturated heterocycles. The number of hydrogen-bond donors (Lipinski definition) is 3. The van der Waals surface area contributed by atoms with Gasteiger partial charge in [-0.15, -0.1) is 0 Å². The highest BCUT2D eigenvalue weighted by Gasteiger charge is 2.13. The van der Waals surface area contributed by atoms with Gasteiger partial charge in [0.2, 0.25) is 0 Å². The van der Waals surface area contributed by atoms with E-state index in [0.29, 0.717) is 31.2 Å². The number of nitrogens with zero attached hydrogens (tertiary/aromatic N) is 3. The molecule has 0 aliphatic carbocycles. The van der Waals surface area contributed by atoms with Crippen LogP contribution in [0.3, 0.4) is 0 Å². The Kier molecular flexibility index (Phi) is 5.95. The van der Waals surface area contributed by atoms with E-state index in [-0.39, 0.29) is 18.4 Å². The van der Waals surface area contributed by atoms with Gasteiger partial charge in [0, 0.05) is 20.0 Å². The molecule has 0 aliphatic rings. The van der Waals surface area contributed by atoms with Gasteiger partial charge in [-0.2, -0.15) is 5.10 Å². The topological polar surface area (TPSA) is 111 Å². The van der Waals surface area contributed by atoms with Crippen molar-refractivity contribution < 1.29 is 14.7 Å². The van der Waals surface area contributed by atoms with Crippen molar-refractivity contribution in [3.05, 3.63) is 11.6 Å². The first-order valence-corrected chi connectivity index (χ1v) is 6.47. The van der Waals surface area contributed by atoms with Crippen LogP contribution in [0.2, 0.25) is 0 Å². The minimum atomic E-state index is -0.819. The summed E-state index contributed by atoms with van der Waals surface area (Å²) in [5.41, 5.74) is 0. The highest BCUT2D eigenvalue weighted by Crippen LogP contribution is 2.04. The van der Waals surface area contributed by atoms with Gasteiger partial charge in [0.15, 0.2) is 5.82 Å². The summed E-state index contributed by atoms with van der Waals surface area (Å²) >= 11 is 0.